The second-order valence-electron chi connectivity index (χ2n) is 10.3. The molecule has 1 aliphatic heterocycles. The topological polar surface area (TPSA) is 120 Å². The first-order valence-corrected chi connectivity index (χ1v) is 11.7. The molecule has 0 bridgehead atoms. The standard InChI is InChI=1S/C28H32O7/c1-13(2)7-9-15-18(29)12-19-22(23(15)31)25(33)21-17-11-20(30)28(5,6)35-27(17)24(32)16(26(21)34-19)10-8-14(3)4/h7-8,12,20,29-32H,9-11H2,1-6H3/t20-/m0/s1. The Bertz CT molecular complexity index is 1460. The molecule has 0 spiro atoms. The van der Waals surface area contributed by atoms with Crippen LogP contribution < -0.4 is 10.2 Å². The first-order chi connectivity index (χ1) is 16.3. The van der Waals surface area contributed by atoms with E-state index in [-0.39, 0.29) is 69.8 Å². The lowest BCUT2D eigenvalue weighted by Gasteiger charge is -2.38. The van der Waals surface area contributed by atoms with Crippen LogP contribution in [0.25, 0.3) is 21.9 Å². The number of aliphatic hydroxyl groups excluding tert-OH is 1. The Balaban J connectivity index is 2.15. The number of ether oxygens (including phenoxy) is 1. The zero-order valence-electron chi connectivity index (χ0n) is 20.9. The smallest absolute Gasteiger partial charge is 0.204 e. The van der Waals surface area contributed by atoms with Gasteiger partial charge in [-0.3, -0.25) is 4.79 Å². The largest absolute Gasteiger partial charge is 0.507 e. The second-order valence-corrected chi connectivity index (χ2v) is 10.3. The molecule has 4 N–H and O–H groups in total. The predicted octanol–water partition coefficient (Wildman–Crippen LogP) is 5.15. The van der Waals surface area contributed by atoms with Gasteiger partial charge < -0.3 is 29.6 Å². The van der Waals surface area contributed by atoms with Gasteiger partial charge in [0.15, 0.2) is 11.5 Å². The van der Waals surface area contributed by atoms with Crippen molar-refractivity contribution in [3.05, 3.63) is 56.3 Å². The Morgan fingerprint density at radius 3 is 2.20 bits per heavy atom. The summed E-state index contributed by atoms with van der Waals surface area (Å²) in [6, 6.07) is 1.32. The van der Waals surface area contributed by atoms with Crippen LogP contribution in [-0.4, -0.2) is 32.1 Å². The van der Waals surface area contributed by atoms with Crippen molar-refractivity contribution in [2.24, 2.45) is 0 Å². The monoisotopic (exact) mass is 480 g/mol. The fourth-order valence-corrected chi connectivity index (χ4v) is 4.43. The molecule has 1 aromatic heterocycles. The molecule has 7 heteroatoms. The maximum Gasteiger partial charge on any atom is 0.204 e. The summed E-state index contributed by atoms with van der Waals surface area (Å²) in [4.78, 5) is 13.9. The van der Waals surface area contributed by atoms with Gasteiger partial charge in [0.2, 0.25) is 5.43 Å². The van der Waals surface area contributed by atoms with Gasteiger partial charge in [0, 0.05) is 29.2 Å². The molecule has 0 amide bonds. The van der Waals surface area contributed by atoms with Crippen molar-refractivity contribution < 1.29 is 29.6 Å². The van der Waals surface area contributed by atoms with E-state index >= 15 is 0 Å². The molecule has 186 valence electrons. The summed E-state index contributed by atoms with van der Waals surface area (Å²) >= 11 is 0. The Hall–Kier alpha value is -3.45. The van der Waals surface area contributed by atoms with E-state index in [9.17, 15) is 25.2 Å². The van der Waals surface area contributed by atoms with E-state index in [1.54, 1.807) is 13.8 Å². The minimum Gasteiger partial charge on any atom is -0.507 e. The van der Waals surface area contributed by atoms with Crippen LogP contribution in [0.15, 0.2) is 38.6 Å². The Morgan fingerprint density at radius 1 is 1.00 bits per heavy atom. The highest BCUT2D eigenvalue weighted by molar-refractivity contribution is 5.99. The normalized spacial score (nSPS) is 16.6. The minimum absolute atomic E-state index is 0.00820. The van der Waals surface area contributed by atoms with Crippen molar-refractivity contribution in [3.8, 4) is 23.0 Å². The first-order valence-electron chi connectivity index (χ1n) is 11.7. The minimum atomic E-state index is -0.978. The van der Waals surface area contributed by atoms with E-state index in [2.05, 4.69) is 0 Å². The maximum atomic E-state index is 13.9. The van der Waals surface area contributed by atoms with Crippen LogP contribution in [-0.2, 0) is 19.3 Å². The highest BCUT2D eigenvalue weighted by atomic mass is 16.5. The van der Waals surface area contributed by atoms with Crippen molar-refractivity contribution >= 4 is 21.9 Å². The van der Waals surface area contributed by atoms with Crippen LogP contribution in [0.3, 0.4) is 0 Å². The molecule has 0 saturated carbocycles. The van der Waals surface area contributed by atoms with Gasteiger partial charge in [-0.2, -0.15) is 0 Å². The molecule has 2 heterocycles. The summed E-state index contributed by atoms with van der Waals surface area (Å²) in [6.07, 6.45) is 3.38. The SMILES string of the molecule is CC(C)=CCc1c(O)cc2oc3c(CC=C(C)C)c(O)c4c(c3c(=O)c2c1O)C[C@H](O)C(C)(C)O4. The quantitative estimate of drug-likeness (QED) is 0.301. The van der Waals surface area contributed by atoms with Gasteiger partial charge in [-0.25, -0.2) is 0 Å². The van der Waals surface area contributed by atoms with Gasteiger partial charge in [-0.05, 0) is 54.4 Å². The Kier molecular flexibility index (Phi) is 6.09. The van der Waals surface area contributed by atoms with E-state index in [1.165, 1.54) is 6.07 Å². The van der Waals surface area contributed by atoms with E-state index in [0.29, 0.717) is 11.1 Å². The van der Waals surface area contributed by atoms with Crippen molar-refractivity contribution in [2.75, 3.05) is 0 Å². The number of hydrogen-bond donors (Lipinski definition) is 4. The molecule has 1 atom stereocenters. The maximum absolute atomic E-state index is 13.9. The second kappa shape index (κ2) is 8.64. The Labute approximate surface area is 203 Å². The average molecular weight is 481 g/mol. The molecule has 7 nitrogen and oxygen atoms in total. The average Bonchev–Trinajstić information content (AvgIpc) is 2.74. The van der Waals surface area contributed by atoms with Gasteiger partial charge in [-0.1, -0.05) is 23.3 Å². The summed E-state index contributed by atoms with van der Waals surface area (Å²) in [5.41, 5.74) is 1.58. The van der Waals surface area contributed by atoms with Crippen LogP contribution in [0.4, 0.5) is 0 Å². The number of benzene rings is 2. The third-order valence-electron chi connectivity index (χ3n) is 6.58. The summed E-state index contributed by atoms with van der Waals surface area (Å²) in [5, 5.41) is 43.6. The molecular weight excluding hydrogens is 448 g/mol. The lowest BCUT2D eigenvalue weighted by Crippen LogP contribution is -2.46. The summed E-state index contributed by atoms with van der Waals surface area (Å²) in [6.45, 7) is 11.1. The molecular formula is C28H32O7. The van der Waals surface area contributed by atoms with Crippen LogP contribution in [0.2, 0.25) is 0 Å². The third kappa shape index (κ3) is 4.14. The number of phenolic OH excluding ortho intramolecular Hbond substituents is 3. The van der Waals surface area contributed by atoms with Crippen LogP contribution in [0.1, 0.15) is 58.2 Å². The van der Waals surface area contributed by atoms with Crippen LogP contribution in [0.5, 0.6) is 23.0 Å². The number of hydrogen-bond acceptors (Lipinski definition) is 7. The van der Waals surface area contributed by atoms with Gasteiger partial charge in [-0.15, -0.1) is 0 Å². The summed E-state index contributed by atoms with van der Waals surface area (Å²) in [7, 11) is 0. The summed E-state index contributed by atoms with van der Waals surface area (Å²) in [5.74, 6) is -0.553. The third-order valence-corrected chi connectivity index (χ3v) is 6.58. The number of aromatic hydroxyl groups is 3. The zero-order chi connectivity index (χ0) is 25.8. The molecule has 0 fully saturated rings. The first kappa shape index (κ1) is 24.7. The lowest BCUT2D eigenvalue weighted by atomic mass is 9.87. The molecule has 1 aliphatic rings. The Morgan fingerprint density at radius 2 is 1.60 bits per heavy atom. The highest BCUT2D eigenvalue weighted by Crippen LogP contribution is 2.47. The molecule has 3 aromatic rings. The van der Waals surface area contributed by atoms with Crippen LogP contribution >= 0.6 is 0 Å². The van der Waals surface area contributed by atoms with Crippen molar-refractivity contribution in [1.82, 2.24) is 0 Å². The number of fused-ring (bicyclic) bond motifs is 4. The van der Waals surface area contributed by atoms with E-state index in [1.807, 2.05) is 39.8 Å². The van der Waals surface area contributed by atoms with Crippen molar-refractivity contribution in [3.63, 3.8) is 0 Å². The molecule has 35 heavy (non-hydrogen) atoms. The van der Waals surface area contributed by atoms with Crippen LogP contribution in [0, 0.1) is 0 Å². The predicted molar refractivity (Wildman–Crippen MR) is 136 cm³/mol. The molecule has 0 unspecified atom stereocenters. The van der Waals surface area contributed by atoms with E-state index in [0.717, 1.165) is 11.1 Å². The molecule has 0 radical (unpaired) electrons. The zero-order valence-corrected chi connectivity index (χ0v) is 20.9. The molecule has 0 saturated heterocycles. The molecule has 0 aliphatic carbocycles. The fourth-order valence-electron chi connectivity index (χ4n) is 4.43. The van der Waals surface area contributed by atoms with E-state index < -0.39 is 17.1 Å². The van der Waals surface area contributed by atoms with Crippen molar-refractivity contribution in [2.45, 2.75) is 72.5 Å². The number of allylic oxidation sites excluding steroid dienone is 4. The van der Waals surface area contributed by atoms with Gasteiger partial charge in [0.1, 0.15) is 33.7 Å². The molecule has 4 rings (SSSR count). The van der Waals surface area contributed by atoms with Crippen molar-refractivity contribution in [1.29, 1.82) is 0 Å². The van der Waals surface area contributed by atoms with Gasteiger partial charge in [0.05, 0.1) is 11.5 Å². The molecule has 2 aromatic carbocycles. The highest BCUT2D eigenvalue weighted by Gasteiger charge is 2.40. The number of rotatable bonds is 4. The van der Waals surface area contributed by atoms with E-state index in [4.69, 9.17) is 9.15 Å². The fraction of sp³-hybridized carbons (Fsp3) is 0.393. The summed E-state index contributed by atoms with van der Waals surface area (Å²) < 4.78 is 12.1. The number of aliphatic hydroxyl groups is 1. The van der Waals surface area contributed by atoms with Gasteiger partial charge >= 0.3 is 0 Å². The number of phenols is 3. The van der Waals surface area contributed by atoms with Gasteiger partial charge in [0.25, 0.3) is 0 Å². The lowest BCUT2D eigenvalue weighted by molar-refractivity contribution is -0.0421.